The molecule has 17 heavy (non-hydrogen) atoms. The molecular weight excluding hydrogens is 214 g/mol. The summed E-state index contributed by atoms with van der Waals surface area (Å²) in [5.41, 5.74) is 5.79. The molecule has 0 aromatic rings. The lowest BCUT2D eigenvalue weighted by Gasteiger charge is -2.39. The minimum absolute atomic E-state index is 0.170. The molecule has 1 heterocycles. The van der Waals surface area contributed by atoms with Gasteiger partial charge in [0.05, 0.1) is 6.54 Å². The standard InChI is InChI=1S/C13H25N3O/c1-10-3-2-4-12(7-14)16(10)9-13(17)15-8-11-5-6-11/h10-12H,2-9,14H2,1H3,(H,15,17). The summed E-state index contributed by atoms with van der Waals surface area (Å²) in [6.07, 6.45) is 6.13. The van der Waals surface area contributed by atoms with Crippen molar-refractivity contribution >= 4 is 5.91 Å². The average Bonchev–Trinajstić information content (AvgIpc) is 3.13. The van der Waals surface area contributed by atoms with E-state index in [0.717, 1.165) is 18.9 Å². The highest BCUT2D eigenvalue weighted by Gasteiger charge is 2.29. The van der Waals surface area contributed by atoms with Gasteiger partial charge in [-0.3, -0.25) is 9.69 Å². The lowest BCUT2D eigenvalue weighted by Crippen LogP contribution is -2.52. The second-order valence-electron chi connectivity index (χ2n) is 5.59. The monoisotopic (exact) mass is 239 g/mol. The maximum Gasteiger partial charge on any atom is 0.234 e. The second kappa shape index (κ2) is 5.83. The van der Waals surface area contributed by atoms with Gasteiger partial charge < -0.3 is 11.1 Å². The van der Waals surface area contributed by atoms with Crippen LogP contribution < -0.4 is 11.1 Å². The van der Waals surface area contributed by atoms with Crippen LogP contribution in [0.25, 0.3) is 0 Å². The minimum atomic E-state index is 0.170. The molecule has 1 aliphatic heterocycles. The number of amides is 1. The van der Waals surface area contributed by atoms with Crippen LogP contribution in [-0.4, -0.2) is 42.5 Å². The van der Waals surface area contributed by atoms with Crippen molar-refractivity contribution in [1.82, 2.24) is 10.2 Å². The van der Waals surface area contributed by atoms with Gasteiger partial charge in [-0.2, -0.15) is 0 Å². The highest BCUT2D eigenvalue weighted by atomic mass is 16.2. The summed E-state index contributed by atoms with van der Waals surface area (Å²) in [4.78, 5) is 14.1. The van der Waals surface area contributed by atoms with Crippen molar-refractivity contribution in [1.29, 1.82) is 0 Å². The maximum atomic E-state index is 11.9. The van der Waals surface area contributed by atoms with E-state index in [4.69, 9.17) is 5.73 Å². The van der Waals surface area contributed by atoms with Crippen LogP contribution in [-0.2, 0) is 4.79 Å². The zero-order valence-corrected chi connectivity index (χ0v) is 10.8. The van der Waals surface area contributed by atoms with E-state index in [1.165, 1.54) is 25.7 Å². The van der Waals surface area contributed by atoms with Gasteiger partial charge in [0.25, 0.3) is 0 Å². The number of hydrogen-bond donors (Lipinski definition) is 2. The zero-order chi connectivity index (χ0) is 12.3. The molecule has 2 rings (SSSR count). The van der Waals surface area contributed by atoms with Gasteiger partial charge in [-0.25, -0.2) is 0 Å². The van der Waals surface area contributed by atoms with Crippen molar-refractivity contribution in [3.05, 3.63) is 0 Å². The van der Waals surface area contributed by atoms with Crippen LogP contribution in [0.3, 0.4) is 0 Å². The summed E-state index contributed by atoms with van der Waals surface area (Å²) in [6, 6.07) is 0.884. The molecule has 0 aromatic carbocycles. The van der Waals surface area contributed by atoms with Crippen LogP contribution in [0.5, 0.6) is 0 Å². The number of likely N-dealkylation sites (tertiary alicyclic amines) is 1. The second-order valence-corrected chi connectivity index (χ2v) is 5.59. The fourth-order valence-corrected chi connectivity index (χ4v) is 2.68. The lowest BCUT2D eigenvalue weighted by atomic mass is 9.96. The highest BCUT2D eigenvalue weighted by molar-refractivity contribution is 5.78. The molecule has 0 spiro atoms. The van der Waals surface area contributed by atoms with Crippen LogP contribution in [0.4, 0.5) is 0 Å². The summed E-state index contributed by atoms with van der Waals surface area (Å²) in [5.74, 6) is 0.923. The number of nitrogens with one attached hydrogen (secondary N) is 1. The van der Waals surface area contributed by atoms with Crippen molar-refractivity contribution < 1.29 is 4.79 Å². The molecule has 0 radical (unpaired) electrons. The van der Waals surface area contributed by atoms with E-state index < -0.39 is 0 Å². The molecular formula is C13H25N3O. The number of piperidine rings is 1. The first kappa shape index (κ1) is 12.8. The van der Waals surface area contributed by atoms with E-state index in [2.05, 4.69) is 17.1 Å². The Morgan fingerprint density at radius 1 is 1.35 bits per heavy atom. The molecule has 2 unspecified atom stereocenters. The summed E-state index contributed by atoms with van der Waals surface area (Å²) in [7, 11) is 0. The van der Waals surface area contributed by atoms with Gasteiger partial charge in [0, 0.05) is 25.2 Å². The van der Waals surface area contributed by atoms with E-state index in [0.29, 0.717) is 25.2 Å². The SMILES string of the molecule is CC1CCCC(CN)N1CC(=O)NCC1CC1. The first-order valence-electron chi connectivity index (χ1n) is 6.93. The summed E-state index contributed by atoms with van der Waals surface area (Å²) < 4.78 is 0. The zero-order valence-electron chi connectivity index (χ0n) is 10.8. The van der Waals surface area contributed by atoms with Crippen LogP contribution in [0.15, 0.2) is 0 Å². The topological polar surface area (TPSA) is 58.4 Å². The predicted molar refractivity (Wildman–Crippen MR) is 68.6 cm³/mol. The van der Waals surface area contributed by atoms with Gasteiger partial charge in [-0.05, 0) is 38.5 Å². The fourth-order valence-electron chi connectivity index (χ4n) is 2.68. The number of carbonyl (C=O) groups is 1. The smallest absolute Gasteiger partial charge is 0.234 e. The summed E-state index contributed by atoms with van der Waals surface area (Å²) >= 11 is 0. The van der Waals surface area contributed by atoms with Crippen molar-refractivity contribution in [3.63, 3.8) is 0 Å². The van der Waals surface area contributed by atoms with Gasteiger partial charge in [0.1, 0.15) is 0 Å². The molecule has 0 aromatic heterocycles. The normalized spacial score (nSPS) is 30.2. The van der Waals surface area contributed by atoms with E-state index in [-0.39, 0.29) is 5.91 Å². The van der Waals surface area contributed by atoms with Crippen molar-refractivity contribution in [2.24, 2.45) is 11.7 Å². The van der Waals surface area contributed by atoms with E-state index >= 15 is 0 Å². The van der Waals surface area contributed by atoms with Crippen molar-refractivity contribution in [2.75, 3.05) is 19.6 Å². The molecule has 1 aliphatic carbocycles. The van der Waals surface area contributed by atoms with Gasteiger partial charge >= 0.3 is 0 Å². The molecule has 3 N–H and O–H groups in total. The first-order chi connectivity index (χ1) is 8.20. The Bertz CT molecular complexity index is 265. The molecule has 1 saturated heterocycles. The van der Waals surface area contributed by atoms with Crippen LogP contribution >= 0.6 is 0 Å². The molecule has 4 nitrogen and oxygen atoms in total. The van der Waals surface area contributed by atoms with E-state index in [1.807, 2.05) is 0 Å². The Kier molecular flexibility index (Phi) is 4.40. The number of carbonyl (C=O) groups excluding carboxylic acids is 1. The molecule has 1 saturated carbocycles. The Morgan fingerprint density at radius 3 is 2.76 bits per heavy atom. The fraction of sp³-hybridized carbons (Fsp3) is 0.923. The summed E-state index contributed by atoms with van der Waals surface area (Å²) in [5, 5.41) is 3.04. The molecule has 2 aliphatic rings. The molecule has 2 atom stereocenters. The van der Waals surface area contributed by atoms with Gasteiger partial charge in [-0.1, -0.05) is 6.42 Å². The molecule has 4 heteroatoms. The van der Waals surface area contributed by atoms with Crippen molar-refractivity contribution in [2.45, 2.75) is 51.1 Å². The highest BCUT2D eigenvalue weighted by Crippen LogP contribution is 2.27. The van der Waals surface area contributed by atoms with Gasteiger partial charge in [0.15, 0.2) is 0 Å². The van der Waals surface area contributed by atoms with Gasteiger partial charge in [0.2, 0.25) is 5.91 Å². The third kappa shape index (κ3) is 3.68. The van der Waals surface area contributed by atoms with Crippen molar-refractivity contribution in [3.8, 4) is 0 Å². The average molecular weight is 239 g/mol. The number of nitrogens with two attached hydrogens (primary N) is 1. The largest absolute Gasteiger partial charge is 0.355 e. The molecule has 1 amide bonds. The third-order valence-corrected chi connectivity index (χ3v) is 4.08. The van der Waals surface area contributed by atoms with E-state index in [9.17, 15) is 4.79 Å². The Labute approximate surface area is 104 Å². The van der Waals surface area contributed by atoms with E-state index in [1.54, 1.807) is 0 Å². The Hall–Kier alpha value is -0.610. The predicted octanol–water partition coefficient (Wildman–Crippen LogP) is 0.714. The van der Waals surface area contributed by atoms with Crippen LogP contribution in [0.2, 0.25) is 0 Å². The summed E-state index contributed by atoms with van der Waals surface area (Å²) in [6.45, 7) is 4.26. The molecule has 2 fully saturated rings. The van der Waals surface area contributed by atoms with Gasteiger partial charge in [-0.15, -0.1) is 0 Å². The number of nitrogens with zero attached hydrogens (tertiary/aromatic N) is 1. The first-order valence-corrected chi connectivity index (χ1v) is 6.93. The number of hydrogen-bond acceptors (Lipinski definition) is 3. The quantitative estimate of drug-likeness (QED) is 0.743. The molecule has 98 valence electrons. The third-order valence-electron chi connectivity index (χ3n) is 4.08. The van der Waals surface area contributed by atoms with Crippen LogP contribution in [0, 0.1) is 5.92 Å². The Balaban J connectivity index is 1.78. The number of rotatable bonds is 5. The Morgan fingerprint density at radius 2 is 2.12 bits per heavy atom. The lowest BCUT2D eigenvalue weighted by molar-refractivity contribution is -0.124. The van der Waals surface area contributed by atoms with Crippen LogP contribution in [0.1, 0.15) is 39.0 Å². The molecule has 0 bridgehead atoms. The maximum absolute atomic E-state index is 11.9. The minimum Gasteiger partial charge on any atom is -0.355 e.